The number of amides is 2. The van der Waals surface area contributed by atoms with E-state index in [9.17, 15) is 19.2 Å². The molecule has 58 heavy (non-hydrogen) atoms. The number of hydrogen-bond acceptors (Lipinski definition) is 8. The first-order chi connectivity index (χ1) is 28.3. The fraction of sp³-hybridized carbons (Fsp3) is 0.792. The maximum absolute atomic E-state index is 13.4. The van der Waals surface area contributed by atoms with E-state index in [4.69, 9.17) is 9.47 Å². The minimum atomic E-state index is -0.422. The van der Waals surface area contributed by atoms with Crippen LogP contribution in [0.25, 0.3) is 0 Å². The monoisotopic (exact) mass is 830 g/mol. The number of unbranched alkanes of at least 4 members (excludes halogenated alkanes) is 20. The van der Waals surface area contributed by atoms with Crippen molar-refractivity contribution in [3.8, 4) is 0 Å². The number of allylic oxidation sites excluding steroid dienone is 2. The second-order valence-corrected chi connectivity index (χ2v) is 17.8. The van der Waals surface area contributed by atoms with Gasteiger partial charge in [-0.25, -0.2) is 4.79 Å². The van der Waals surface area contributed by atoms with Crippen molar-refractivity contribution in [3.05, 3.63) is 28.2 Å². The van der Waals surface area contributed by atoms with E-state index in [2.05, 4.69) is 31.3 Å². The van der Waals surface area contributed by atoms with Gasteiger partial charge in [0.25, 0.3) is 0 Å². The predicted octanol–water partition coefficient (Wildman–Crippen LogP) is 12.4. The van der Waals surface area contributed by atoms with Crippen molar-refractivity contribution in [2.24, 2.45) is 0 Å². The SMILES string of the molecule is CCCCCCCC/C=C\CCCCCCCC(=O)N1CCc2c(sc(NC(=O)CCCCC(=O)OCCCCCCCCCCC)c2C(=O)OCCCN(C)C)C1. The highest BCUT2D eigenvalue weighted by atomic mass is 32.1. The third-order valence-corrected chi connectivity index (χ3v) is 12.2. The molecule has 0 saturated heterocycles. The van der Waals surface area contributed by atoms with E-state index < -0.39 is 5.97 Å². The molecule has 1 aliphatic rings. The standard InChI is InChI=1S/C48H83N3O6S/c1-5-7-9-11-13-15-16-17-18-19-20-21-23-25-27-33-44(53)51-37-35-41-42(40-51)58-47(46(41)48(55)57-39-31-36-50(3)4)49-43(52)32-28-29-34-45(54)56-38-30-26-24-22-14-12-10-8-6-2/h17-18H,5-16,19-40H2,1-4H3,(H,49,52)/b18-17-. The Bertz CT molecular complexity index is 1290. The van der Waals surface area contributed by atoms with Gasteiger partial charge in [-0.15, -0.1) is 11.3 Å². The third kappa shape index (κ3) is 24.4. The van der Waals surface area contributed by atoms with Crippen LogP contribution in [0.5, 0.6) is 0 Å². The highest BCUT2D eigenvalue weighted by Gasteiger charge is 2.31. The van der Waals surface area contributed by atoms with Crippen LogP contribution in [0.3, 0.4) is 0 Å². The zero-order valence-electron chi connectivity index (χ0n) is 37.4. The van der Waals surface area contributed by atoms with Crippen molar-refractivity contribution in [3.63, 3.8) is 0 Å². The molecule has 1 N–H and O–H groups in total. The molecule has 0 saturated carbocycles. The van der Waals surface area contributed by atoms with E-state index in [1.807, 2.05) is 23.9 Å². The average Bonchev–Trinajstić information content (AvgIpc) is 3.57. The van der Waals surface area contributed by atoms with Gasteiger partial charge in [-0.2, -0.15) is 0 Å². The summed E-state index contributed by atoms with van der Waals surface area (Å²) in [5.74, 6) is -0.668. The van der Waals surface area contributed by atoms with Gasteiger partial charge in [0.1, 0.15) is 5.00 Å². The molecule has 332 valence electrons. The van der Waals surface area contributed by atoms with Gasteiger partial charge >= 0.3 is 11.9 Å². The molecule has 1 aliphatic heterocycles. The van der Waals surface area contributed by atoms with Gasteiger partial charge in [0, 0.05) is 37.2 Å². The largest absolute Gasteiger partial charge is 0.466 e. The molecule has 2 rings (SSSR count). The Hall–Kier alpha value is -2.72. The van der Waals surface area contributed by atoms with Crippen molar-refractivity contribution in [1.29, 1.82) is 0 Å². The lowest BCUT2D eigenvalue weighted by Gasteiger charge is -2.27. The zero-order chi connectivity index (χ0) is 42.1. The van der Waals surface area contributed by atoms with Gasteiger partial charge in [0.15, 0.2) is 0 Å². The quantitative estimate of drug-likeness (QED) is 0.0408. The van der Waals surface area contributed by atoms with Crippen LogP contribution in [-0.2, 0) is 36.8 Å². The van der Waals surface area contributed by atoms with Crippen LogP contribution in [0.4, 0.5) is 5.00 Å². The van der Waals surface area contributed by atoms with Crippen LogP contribution in [0.2, 0.25) is 0 Å². The lowest BCUT2D eigenvalue weighted by atomic mass is 10.0. The maximum atomic E-state index is 13.4. The highest BCUT2D eigenvalue weighted by Crippen LogP contribution is 2.38. The highest BCUT2D eigenvalue weighted by molar-refractivity contribution is 7.17. The predicted molar refractivity (Wildman–Crippen MR) is 242 cm³/mol. The zero-order valence-corrected chi connectivity index (χ0v) is 38.3. The van der Waals surface area contributed by atoms with E-state index in [1.54, 1.807) is 0 Å². The average molecular weight is 830 g/mol. The normalized spacial score (nSPS) is 12.7. The number of anilines is 1. The fourth-order valence-corrected chi connectivity index (χ4v) is 8.73. The Morgan fingerprint density at radius 2 is 1.19 bits per heavy atom. The Morgan fingerprint density at radius 3 is 1.81 bits per heavy atom. The van der Waals surface area contributed by atoms with E-state index in [0.717, 1.165) is 55.5 Å². The van der Waals surface area contributed by atoms with E-state index in [-0.39, 0.29) is 24.2 Å². The van der Waals surface area contributed by atoms with Crippen LogP contribution in [0.1, 0.15) is 214 Å². The van der Waals surface area contributed by atoms with E-state index in [0.29, 0.717) is 75.4 Å². The number of hydrogen-bond donors (Lipinski definition) is 1. The number of carbonyl (C=O) groups is 4. The Morgan fingerprint density at radius 1 is 0.655 bits per heavy atom. The van der Waals surface area contributed by atoms with Crippen molar-refractivity contribution in [1.82, 2.24) is 9.80 Å². The van der Waals surface area contributed by atoms with Gasteiger partial charge in [0.2, 0.25) is 11.8 Å². The number of rotatable bonds is 36. The molecule has 0 aromatic carbocycles. The van der Waals surface area contributed by atoms with Crippen LogP contribution >= 0.6 is 11.3 Å². The molecule has 9 nitrogen and oxygen atoms in total. The lowest BCUT2D eigenvalue weighted by Crippen LogP contribution is -2.35. The van der Waals surface area contributed by atoms with Gasteiger partial charge < -0.3 is 24.6 Å². The first-order valence-corrected chi connectivity index (χ1v) is 24.4. The summed E-state index contributed by atoms with van der Waals surface area (Å²) in [5.41, 5.74) is 1.32. The summed E-state index contributed by atoms with van der Waals surface area (Å²) in [6, 6.07) is 0. The van der Waals surface area contributed by atoms with E-state index in [1.165, 1.54) is 114 Å². The van der Waals surface area contributed by atoms with Crippen molar-refractivity contribution in [2.45, 2.75) is 207 Å². The molecule has 1 aromatic rings. The molecule has 0 aliphatic carbocycles. The minimum Gasteiger partial charge on any atom is -0.466 e. The lowest BCUT2D eigenvalue weighted by molar-refractivity contribution is -0.144. The molecule has 2 amide bonds. The number of esters is 2. The second-order valence-electron chi connectivity index (χ2n) is 16.7. The molecule has 0 fully saturated rings. The number of carbonyl (C=O) groups excluding carboxylic acids is 4. The molecule has 0 atom stereocenters. The van der Waals surface area contributed by atoms with Crippen molar-refractivity contribution in [2.75, 3.05) is 45.7 Å². The second kappa shape index (κ2) is 34.0. The van der Waals surface area contributed by atoms with Gasteiger partial charge in [0.05, 0.1) is 25.3 Å². The molecular weight excluding hydrogens is 747 g/mol. The smallest absolute Gasteiger partial charge is 0.341 e. The van der Waals surface area contributed by atoms with E-state index >= 15 is 0 Å². The maximum Gasteiger partial charge on any atom is 0.341 e. The first kappa shape index (κ1) is 51.4. The molecular formula is C48H83N3O6S. The van der Waals surface area contributed by atoms with Crippen LogP contribution < -0.4 is 5.32 Å². The summed E-state index contributed by atoms with van der Waals surface area (Å²) in [6.45, 7) is 7.06. The topological polar surface area (TPSA) is 105 Å². The van der Waals surface area contributed by atoms with Gasteiger partial charge in [-0.1, -0.05) is 129 Å². The molecule has 0 radical (unpaired) electrons. The summed E-state index contributed by atoms with van der Waals surface area (Å²) < 4.78 is 11.1. The number of nitrogens with zero attached hydrogens (tertiary/aromatic N) is 2. The molecule has 1 aromatic heterocycles. The summed E-state index contributed by atoms with van der Waals surface area (Å²) >= 11 is 1.38. The number of nitrogens with one attached hydrogen (secondary N) is 1. The minimum absolute atomic E-state index is 0.154. The van der Waals surface area contributed by atoms with Gasteiger partial charge in [-0.05, 0) is 83.9 Å². The molecule has 0 spiro atoms. The van der Waals surface area contributed by atoms with Crippen LogP contribution in [0.15, 0.2) is 12.2 Å². The third-order valence-electron chi connectivity index (χ3n) is 11.0. The molecule has 2 heterocycles. The number of ether oxygens (including phenoxy) is 2. The van der Waals surface area contributed by atoms with Crippen molar-refractivity contribution >= 4 is 40.1 Å². The van der Waals surface area contributed by atoms with Crippen molar-refractivity contribution < 1.29 is 28.7 Å². The molecule has 10 heteroatoms. The van der Waals surface area contributed by atoms with Crippen LogP contribution in [-0.4, -0.2) is 74.0 Å². The Balaban J connectivity index is 1.75. The number of fused-ring (bicyclic) bond motifs is 1. The Kier molecular flexibility index (Phi) is 30.2. The van der Waals surface area contributed by atoms with Crippen LogP contribution in [0, 0.1) is 0 Å². The Labute approximate surface area is 357 Å². The number of thiophene rings is 1. The molecule has 0 bridgehead atoms. The summed E-state index contributed by atoms with van der Waals surface area (Å²) in [4.78, 5) is 56.9. The fourth-order valence-electron chi connectivity index (χ4n) is 7.46. The first-order valence-electron chi connectivity index (χ1n) is 23.6. The molecule has 0 unspecified atom stereocenters. The summed E-state index contributed by atoms with van der Waals surface area (Å²) in [7, 11) is 3.97. The van der Waals surface area contributed by atoms with Gasteiger partial charge in [-0.3, -0.25) is 14.4 Å². The summed E-state index contributed by atoms with van der Waals surface area (Å²) in [5, 5.41) is 3.49. The summed E-state index contributed by atoms with van der Waals surface area (Å²) in [6.07, 6.45) is 35.1.